The van der Waals surface area contributed by atoms with E-state index in [0.29, 0.717) is 0 Å². The zero-order valence-electron chi connectivity index (χ0n) is 5.99. The molecule has 0 aromatic rings. The van der Waals surface area contributed by atoms with Gasteiger partial charge in [-0.05, 0) is 12.8 Å². The normalized spacial score (nSPS) is 32.2. The van der Waals surface area contributed by atoms with Crippen LogP contribution in [0.3, 0.4) is 0 Å². The number of carboxylic acids is 1. The fourth-order valence-corrected chi connectivity index (χ4v) is 2.33. The Morgan fingerprint density at radius 1 is 1.73 bits per heavy atom. The molecule has 60 valence electrons. The van der Waals surface area contributed by atoms with Crippen molar-refractivity contribution >= 4 is 23.3 Å². The first-order chi connectivity index (χ1) is 5.26. The van der Waals surface area contributed by atoms with Gasteiger partial charge in [-0.25, -0.2) is 0 Å². The van der Waals surface area contributed by atoms with E-state index in [1.165, 1.54) is 0 Å². The SMILES string of the molecule is O=C(O)C1(C2CSC=N2)CC1. The van der Waals surface area contributed by atoms with Crippen LogP contribution in [-0.2, 0) is 4.79 Å². The zero-order valence-corrected chi connectivity index (χ0v) is 6.80. The molecule has 0 amide bonds. The summed E-state index contributed by atoms with van der Waals surface area (Å²) in [4.78, 5) is 14.9. The van der Waals surface area contributed by atoms with Crippen molar-refractivity contribution in [3.05, 3.63) is 0 Å². The second kappa shape index (κ2) is 2.24. The Kier molecular flexibility index (Phi) is 1.45. The van der Waals surface area contributed by atoms with Crippen LogP contribution in [0.5, 0.6) is 0 Å². The molecular formula is C7H9NO2S. The van der Waals surface area contributed by atoms with Crippen LogP contribution in [0.2, 0.25) is 0 Å². The van der Waals surface area contributed by atoms with Crippen molar-refractivity contribution in [2.75, 3.05) is 5.75 Å². The van der Waals surface area contributed by atoms with Crippen LogP contribution < -0.4 is 0 Å². The lowest BCUT2D eigenvalue weighted by atomic mass is 9.99. The standard InChI is InChI=1S/C7H9NO2S/c9-6(10)7(1-2-7)5-3-11-4-8-5/h4-5H,1-3H2,(H,9,10). The van der Waals surface area contributed by atoms with Crippen molar-refractivity contribution < 1.29 is 9.90 Å². The second-order valence-corrected chi connectivity index (χ2v) is 3.94. The Hall–Kier alpha value is -0.510. The molecule has 0 bridgehead atoms. The molecule has 2 rings (SSSR count). The van der Waals surface area contributed by atoms with Crippen molar-refractivity contribution in [2.45, 2.75) is 18.9 Å². The summed E-state index contributed by atoms with van der Waals surface area (Å²) in [5.74, 6) is 0.189. The summed E-state index contributed by atoms with van der Waals surface area (Å²) >= 11 is 1.61. The number of carboxylic acid groups (broad SMARTS) is 1. The molecule has 1 atom stereocenters. The third kappa shape index (κ3) is 0.965. The monoisotopic (exact) mass is 171 g/mol. The van der Waals surface area contributed by atoms with E-state index < -0.39 is 11.4 Å². The van der Waals surface area contributed by atoms with Gasteiger partial charge in [0, 0.05) is 5.75 Å². The zero-order chi connectivity index (χ0) is 7.90. The maximum absolute atomic E-state index is 10.8. The Balaban J connectivity index is 2.14. The smallest absolute Gasteiger partial charge is 0.311 e. The number of nitrogens with zero attached hydrogens (tertiary/aromatic N) is 1. The number of carbonyl (C=O) groups is 1. The maximum Gasteiger partial charge on any atom is 0.311 e. The van der Waals surface area contributed by atoms with Crippen molar-refractivity contribution in [3.63, 3.8) is 0 Å². The molecule has 1 saturated carbocycles. The Bertz CT molecular complexity index is 222. The van der Waals surface area contributed by atoms with Crippen LogP contribution in [0.4, 0.5) is 0 Å². The molecule has 1 heterocycles. The second-order valence-electron chi connectivity index (χ2n) is 3.06. The summed E-state index contributed by atoms with van der Waals surface area (Å²) in [6.07, 6.45) is 1.62. The van der Waals surface area contributed by atoms with E-state index in [1.807, 2.05) is 0 Å². The summed E-state index contributed by atoms with van der Waals surface area (Å²) in [5.41, 5.74) is 1.30. The largest absolute Gasteiger partial charge is 0.481 e. The maximum atomic E-state index is 10.8. The molecule has 11 heavy (non-hydrogen) atoms. The highest BCUT2D eigenvalue weighted by molar-refractivity contribution is 8.12. The number of hydrogen-bond acceptors (Lipinski definition) is 3. The topological polar surface area (TPSA) is 49.7 Å². The Morgan fingerprint density at radius 3 is 2.82 bits per heavy atom. The van der Waals surface area contributed by atoms with Gasteiger partial charge < -0.3 is 5.11 Å². The molecule has 0 radical (unpaired) electrons. The molecule has 1 fully saturated rings. The third-order valence-corrected chi connectivity index (χ3v) is 3.20. The van der Waals surface area contributed by atoms with Gasteiger partial charge in [-0.15, -0.1) is 11.8 Å². The summed E-state index contributed by atoms with van der Waals surface area (Å²) in [7, 11) is 0. The lowest BCUT2D eigenvalue weighted by Gasteiger charge is -2.13. The quantitative estimate of drug-likeness (QED) is 0.674. The van der Waals surface area contributed by atoms with Crippen LogP contribution in [-0.4, -0.2) is 28.4 Å². The lowest BCUT2D eigenvalue weighted by Crippen LogP contribution is -2.28. The van der Waals surface area contributed by atoms with E-state index in [9.17, 15) is 4.79 Å². The molecule has 2 aliphatic rings. The van der Waals surface area contributed by atoms with E-state index in [1.54, 1.807) is 17.3 Å². The molecule has 1 aliphatic heterocycles. The molecule has 0 saturated heterocycles. The van der Waals surface area contributed by atoms with Gasteiger partial charge in [0.25, 0.3) is 0 Å². The molecule has 4 heteroatoms. The number of rotatable bonds is 2. The Labute approximate surface area is 68.9 Å². The average Bonchev–Trinajstić information content (AvgIpc) is 2.61. The van der Waals surface area contributed by atoms with Crippen LogP contribution in [0.15, 0.2) is 4.99 Å². The van der Waals surface area contributed by atoms with Crippen LogP contribution in [0.1, 0.15) is 12.8 Å². The van der Waals surface area contributed by atoms with Gasteiger partial charge in [0.2, 0.25) is 0 Å². The summed E-state index contributed by atoms with van der Waals surface area (Å²) < 4.78 is 0. The highest BCUT2D eigenvalue weighted by Gasteiger charge is 2.56. The van der Waals surface area contributed by atoms with E-state index in [-0.39, 0.29) is 6.04 Å². The fourth-order valence-electron chi connectivity index (χ4n) is 1.42. The number of hydrogen-bond donors (Lipinski definition) is 1. The number of aliphatic imine (C=N–C) groups is 1. The van der Waals surface area contributed by atoms with Gasteiger partial charge in [-0.2, -0.15) is 0 Å². The van der Waals surface area contributed by atoms with Crippen molar-refractivity contribution in [1.29, 1.82) is 0 Å². The van der Waals surface area contributed by atoms with Crippen molar-refractivity contribution in [1.82, 2.24) is 0 Å². The molecule has 1 N–H and O–H groups in total. The van der Waals surface area contributed by atoms with E-state index in [4.69, 9.17) is 5.11 Å². The Morgan fingerprint density at radius 2 is 2.45 bits per heavy atom. The number of aliphatic carboxylic acids is 1. The van der Waals surface area contributed by atoms with Crippen molar-refractivity contribution in [2.24, 2.45) is 10.4 Å². The highest BCUT2D eigenvalue weighted by Crippen LogP contribution is 2.51. The summed E-state index contributed by atoms with van der Waals surface area (Å²) in [5, 5.41) is 8.88. The molecule has 1 aliphatic carbocycles. The highest BCUT2D eigenvalue weighted by atomic mass is 32.2. The predicted octanol–water partition coefficient (Wildman–Crippen LogP) is 0.995. The first-order valence-electron chi connectivity index (χ1n) is 3.62. The molecule has 0 aromatic carbocycles. The average molecular weight is 171 g/mol. The number of thioether (sulfide) groups is 1. The predicted molar refractivity (Wildman–Crippen MR) is 44.0 cm³/mol. The first kappa shape index (κ1) is 7.16. The minimum Gasteiger partial charge on any atom is -0.481 e. The molecule has 0 spiro atoms. The molecule has 3 nitrogen and oxygen atoms in total. The van der Waals surface area contributed by atoms with Crippen LogP contribution >= 0.6 is 11.8 Å². The third-order valence-electron chi connectivity index (χ3n) is 2.42. The van der Waals surface area contributed by atoms with Crippen molar-refractivity contribution in [3.8, 4) is 0 Å². The minimum absolute atomic E-state index is 0.0463. The first-order valence-corrected chi connectivity index (χ1v) is 4.67. The van der Waals surface area contributed by atoms with E-state index in [0.717, 1.165) is 18.6 Å². The van der Waals surface area contributed by atoms with Crippen LogP contribution in [0.25, 0.3) is 0 Å². The van der Waals surface area contributed by atoms with E-state index in [2.05, 4.69) is 4.99 Å². The van der Waals surface area contributed by atoms with Crippen LogP contribution in [0, 0.1) is 5.41 Å². The summed E-state index contributed by atoms with van der Waals surface area (Å²) in [6.45, 7) is 0. The fraction of sp³-hybridized carbons (Fsp3) is 0.714. The van der Waals surface area contributed by atoms with Gasteiger partial charge >= 0.3 is 5.97 Å². The van der Waals surface area contributed by atoms with Gasteiger partial charge in [0.1, 0.15) is 0 Å². The minimum atomic E-state index is -0.665. The van der Waals surface area contributed by atoms with Gasteiger partial charge in [0.15, 0.2) is 0 Å². The van der Waals surface area contributed by atoms with Gasteiger partial charge in [0.05, 0.1) is 17.0 Å². The molecule has 0 aromatic heterocycles. The molecule has 1 unspecified atom stereocenters. The summed E-state index contributed by atoms with van der Waals surface area (Å²) in [6, 6.07) is 0.0463. The lowest BCUT2D eigenvalue weighted by molar-refractivity contribution is -0.143. The van der Waals surface area contributed by atoms with E-state index >= 15 is 0 Å². The van der Waals surface area contributed by atoms with Gasteiger partial charge in [-0.3, -0.25) is 9.79 Å². The molecular weight excluding hydrogens is 162 g/mol. The van der Waals surface area contributed by atoms with Gasteiger partial charge in [-0.1, -0.05) is 0 Å².